The summed E-state index contributed by atoms with van der Waals surface area (Å²) >= 11 is 0. The van der Waals surface area contributed by atoms with Gasteiger partial charge in [-0.1, -0.05) is 6.07 Å². The third-order valence-electron chi connectivity index (χ3n) is 3.70. The van der Waals surface area contributed by atoms with Crippen LogP contribution >= 0.6 is 0 Å². The zero-order chi connectivity index (χ0) is 15.2. The Morgan fingerprint density at radius 3 is 2.86 bits per heavy atom. The van der Waals surface area contributed by atoms with Crippen LogP contribution in [0.1, 0.15) is 6.04 Å². The van der Waals surface area contributed by atoms with Gasteiger partial charge in [0.05, 0.1) is 35.4 Å². The van der Waals surface area contributed by atoms with Crippen LogP contribution in [0, 0.1) is 5.82 Å². The predicted octanol–water partition coefficient (Wildman–Crippen LogP) is 0.520. The Morgan fingerprint density at radius 1 is 1.38 bits per heavy atom. The first kappa shape index (κ1) is 14.2. The highest BCUT2D eigenvalue weighted by atomic mass is 32.2. The van der Waals surface area contributed by atoms with Gasteiger partial charge in [0.25, 0.3) is 5.56 Å². The molecule has 0 radical (unpaired) electrons. The number of halogens is 1. The Kier molecular flexibility index (Phi) is 3.29. The van der Waals surface area contributed by atoms with Crippen LogP contribution in [0.25, 0.3) is 10.9 Å². The molecule has 0 spiro atoms. The van der Waals surface area contributed by atoms with Gasteiger partial charge in [-0.3, -0.25) is 9.36 Å². The lowest BCUT2D eigenvalue weighted by Gasteiger charge is -2.19. The van der Waals surface area contributed by atoms with E-state index in [9.17, 15) is 17.6 Å². The maximum atomic E-state index is 13.6. The zero-order valence-corrected chi connectivity index (χ0v) is 12.0. The van der Waals surface area contributed by atoms with Crippen molar-refractivity contribution >= 4 is 20.7 Å². The van der Waals surface area contributed by atoms with E-state index < -0.39 is 33.4 Å². The number of aromatic nitrogens is 2. The van der Waals surface area contributed by atoms with Gasteiger partial charge in [-0.05, 0) is 12.1 Å². The number of rotatable bonds is 2. The number of benzene rings is 1. The molecule has 0 amide bonds. The van der Waals surface area contributed by atoms with Crippen LogP contribution < -0.4 is 5.56 Å². The van der Waals surface area contributed by atoms with E-state index in [-0.39, 0.29) is 22.4 Å². The van der Waals surface area contributed by atoms with Gasteiger partial charge in [0, 0.05) is 7.11 Å². The minimum atomic E-state index is -3.27. The molecule has 8 heteroatoms. The van der Waals surface area contributed by atoms with Crippen LogP contribution in [0.5, 0.6) is 0 Å². The SMILES string of the molecule is CO[C@@H]1CS(=O)(=O)C[C@H]1n1cnc2c(F)cccc2c1=O. The first-order valence-corrected chi connectivity index (χ1v) is 8.13. The molecule has 1 aromatic carbocycles. The third kappa shape index (κ3) is 2.34. The largest absolute Gasteiger partial charge is 0.378 e. The Balaban J connectivity index is 2.18. The number of fused-ring (bicyclic) bond motifs is 1. The summed E-state index contributed by atoms with van der Waals surface area (Å²) in [7, 11) is -1.87. The Labute approximate surface area is 120 Å². The van der Waals surface area contributed by atoms with Gasteiger partial charge in [0.2, 0.25) is 0 Å². The molecule has 1 aliphatic rings. The van der Waals surface area contributed by atoms with Crippen LogP contribution in [-0.2, 0) is 14.6 Å². The molecule has 0 unspecified atom stereocenters. The van der Waals surface area contributed by atoms with Crippen LogP contribution in [0.3, 0.4) is 0 Å². The lowest BCUT2D eigenvalue weighted by Crippen LogP contribution is -2.32. The molecule has 2 heterocycles. The number of para-hydroxylation sites is 1. The summed E-state index contributed by atoms with van der Waals surface area (Å²) in [6.07, 6.45) is 0.575. The highest BCUT2D eigenvalue weighted by molar-refractivity contribution is 7.91. The first-order chi connectivity index (χ1) is 9.93. The fourth-order valence-electron chi connectivity index (χ4n) is 2.65. The van der Waals surface area contributed by atoms with Crippen molar-refractivity contribution in [2.75, 3.05) is 18.6 Å². The summed E-state index contributed by atoms with van der Waals surface area (Å²) in [4.78, 5) is 16.4. The topological polar surface area (TPSA) is 78.3 Å². The molecule has 6 nitrogen and oxygen atoms in total. The standard InChI is InChI=1S/C13H13FN2O4S/c1-20-11-6-21(18,19)5-10(11)16-7-15-12-8(13(16)17)3-2-4-9(12)14/h2-4,7,10-11H,5-6H2,1H3/t10-,11-/m1/s1. The molecule has 0 aliphatic carbocycles. The van der Waals surface area contributed by atoms with Crippen LogP contribution in [0.2, 0.25) is 0 Å². The molecule has 0 saturated carbocycles. The molecule has 1 aromatic heterocycles. The summed E-state index contributed by atoms with van der Waals surface area (Å²) in [5.41, 5.74) is -0.489. The van der Waals surface area contributed by atoms with Crippen molar-refractivity contribution < 1.29 is 17.5 Å². The minimum absolute atomic E-state index is 0.0198. The number of hydrogen-bond acceptors (Lipinski definition) is 5. The number of hydrogen-bond donors (Lipinski definition) is 0. The number of sulfone groups is 1. The Morgan fingerprint density at radius 2 is 2.14 bits per heavy atom. The second-order valence-corrected chi connectivity index (χ2v) is 7.17. The van der Waals surface area contributed by atoms with Crippen LogP contribution in [0.4, 0.5) is 4.39 Å². The smallest absolute Gasteiger partial charge is 0.261 e. The van der Waals surface area contributed by atoms with Gasteiger partial charge in [0.1, 0.15) is 11.3 Å². The monoisotopic (exact) mass is 312 g/mol. The van der Waals surface area contributed by atoms with Crippen LogP contribution in [-0.4, -0.2) is 42.7 Å². The fraction of sp³-hybridized carbons (Fsp3) is 0.385. The summed E-state index contributed by atoms with van der Waals surface area (Å²) in [5.74, 6) is -0.908. The molecular weight excluding hydrogens is 299 g/mol. The van der Waals surface area contributed by atoms with E-state index in [1.54, 1.807) is 0 Å². The van der Waals surface area contributed by atoms with Crippen molar-refractivity contribution in [1.29, 1.82) is 0 Å². The van der Waals surface area contributed by atoms with Crippen molar-refractivity contribution in [2.24, 2.45) is 0 Å². The van der Waals surface area contributed by atoms with Crippen molar-refractivity contribution in [2.45, 2.75) is 12.1 Å². The summed E-state index contributed by atoms with van der Waals surface area (Å²) in [6.45, 7) is 0. The second kappa shape index (κ2) is 4.88. The molecule has 3 rings (SSSR count). The quantitative estimate of drug-likeness (QED) is 0.808. The highest BCUT2D eigenvalue weighted by Crippen LogP contribution is 2.25. The van der Waals surface area contributed by atoms with Crippen molar-refractivity contribution in [3.63, 3.8) is 0 Å². The molecular formula is C13H13FN2O4S. The fourth-order valence-corrected chi connectivity index (χ4v) is 4.54. The van der Waals surface area contributed by atoms with Gasteiger partial charge < -0.3 is 4.74 Å². The summed E-state index contributed by atoms with van der Waals surface area (Å²) in [5, 5.41) is 0.122. The van der Waals surface area contributed by atoms with E-state index >= 15 is 0 Å². The van der Waals surface area contributed by atoms with E-state index in [4.69, 9.17) is 4.74 Å². The van der Waals surface area contributed by atoms with E-state index in [1.165, 1.54) is 36.2 Å². The Hall–Kier alpha value is -1.80. The maximum absolute atomic E-state index is 13.6. The van der Waals surface area contributed by atoms with Crippen LogP contribution in [0.15, 0.2) is 29.3 Å². The normalized spacial score (nSPS) is 24.5. The van der Waals surface area contributed by atoms with E-state index in [0.717, 1.165) is 0 Å². The molecule has 2 aromatic rings. The number of ether oxygens (including phenoxy) is 1. The molecule has 1 aliphatic heterocycles. The lowest BCUT2D eigenvalue weighted by atomic mass is 10.2. The van der Waals surface area contributed by atoms with Crippen molar-refractivity contribution in [3.05, 3.63) is 40.7 Å². The van der Waals surface area contributed by atoms with Crippen molar-refractivity contribution in [3.8, 4) is 0 Å². The van der Waals surface area contributed by atoms with E-state index in [2.05, 4.69) is 4.98 Å². The highest BCUT2D eigenvalue weighted by Gasteiger charge is 2.39. The van der Waals surface area contributed by atoms with Crippen molar-refractivity contribution in [1.82, 2.24) is 9.55 Å². The Bertz CT molecular complexity index is 862. The average Bonchev–Trinajstić information content (AvgIpc) is 2.75. The minimum Gasteiger partial charge on any atom is -0.378 e. The summed E-state index contributed by atoms with van der Waals surface area (Å²) in [6, 6.07) is 3.46. The van der Waals surface area contributed by atoms with Gasteiger partial charge in [-0.15, -0.1) is 0 Å². The predicted molar refractivity (Wildman–Crippen MR) is 74.4 cm³/mol. The maximum Gasteiger partial charge on any atom is 0.261 e. The summed E-state index contributed by atoms with van der Waals surface area (Å²) < 4.78 is 43.5. The average molecular weight is 312 g/mol. The molecule has 2 atom stereocenters. The van der Waals surface area contributed by atoms with Gasteiger partial charge >= 0.3 is 0 Å². The lowest BCUT2D eigenvalue weighted by molar-refractivity contribution is 0.0874. The van der Waals surface area contributed by atoms with E-state index in [1.807, 2.05) is 0 Å². The molecule has 1 fully saturated rings. The molecule has 21 heavy (non-hydrogen) atoms. The molecule has 1 saturated heterocycles. The first-order valence-electron chi connectivity index (χ1n) is 6.31. The second-order valence-electron chi connectivity index (χ2n) is 5.01. The molecule has 112 valence electrons. The number of nitrogens with zero attached hydrogens (tertiary/aromatic N) is 2. The van der Waals surface area contributed by atoms with Gasteiger partial charge in [0.15, 0.2) is 9.84 Å². The van der Waals surface area contributed by atoms with E-state index in [0.29, 0.717) is 0 Å². The zero-order valence-electron chi connectivity index (χ0n) is 11.2. The van der Waals surface area contributed by atoms with Gasteiger partial charge in [-0.25, -0.2) is 17.8 Å². The molecule has 0 bridgehead atoms. The third-order valence-corrected chi connectivity index (χ3v) is 5.38. The van der Waals surface area contributed by atoms with Gasteiger partial charge in [-0.2, -0.15) is 0 Å². The number of methoxy groups -OCH3 is 1. The molecule has 0 N–H and O–H groups in total.